The van der Waals surface area contributed by atoms with Crippen molar-refractivity contribution >= 4 is 11.9 Å². The number of carbonyl (C=O) groups is 2. The Labute approximate surface area is 95.4 Å². The summed E-state index contributed by atoms with van der Waals surface area (Å²) in [5, 5.41) is 18.5. The van der Waals surface area contributed by atoms with Gasteiger partial charge in [0.25, 0.3) is 0 Å². The molecule has 6 nitrogen and oxygen atoms in total. The predicted octanol–water partition coefficient (Wildman–Crippen LogP) is -2.06. The van der Waals surface area contributed by atoms with Crippen molar-refractivity contribution in [3.05, 3.63) is 0 Å². The Balaban J connectivity index is -0.0000000267. The first-order valence-corrected chi connectivity index (χ1v) is 2.94. The Morgan fingerprint density at radius 2 is 1.00 bits per heavy atom. The number of rotatable bonds is 2. The predicted molar refractivity (Wildman–Crippen MR) is 34.5 cm³/mol. The number of carboxylic acid groups (broad SMARTS) is 2. The zero-order valence-electron chi connectivity index (χ0n) is 7.44. The first kappa shape index (κ1) is 29.3. The molecule has 13 heavy (non-hydrogen) atoms. The number of aliphatic carboxylic acids is 2. The third kappa shape index (κ3) is 79.8. The quantitative estimate of drug-likeness (QED) is 0.520. The standard InChI is InChI=1S/2C3H6O2.Hf.2H2O/c2*1-2-3(4)5;;;/h2*2H2,1H3,(H,4,5);;2*1H2/q;;+4;;/p-4. The van der Waals surface area contributed by atoms with Crippen molar-refractivity contribution in [2.24, 2.45) is 0 Å². The van der Waals surface area contributed by atoms with E-state index < -0.39 is 11.9 Å². The van der Waals surface area contributed by atoms with E-state index in [4.69, 9.17) is 0 Å². The van der Waals surface area contributed by atoms with Crippen molar-refractivity contribution in [2.45, 2.75) is 26.7 Å². The van der Waals surface area contributed by atoms with Crippen LogP contribution < -0.4 is 10.2 Å². The van der Waals surface area contributed by atoms with Crippen molar-refractivity contribution in [3.63, 3.8) is 0 Å². The Hall–Kier alpha value is -0.270. The van der Waals surface area contributed by atoms with Gasteiger partial charge in [-0.2, -0.15) is 0 Å². The van der Waals surface area contributed by atoms with E-state index in [-0.39, 0.29) is 49.6 Å². The van der Waals surface area contributed by atoms with Crippen LogP contribution in [0.25, 0.3) is 0 Å². The molecule has 0 saturated carbocycles. The molecule has 0 aromatic carbocycles. The van der Waals surface area contributed by atoms with Gasteiger partial charge in [-0.1, -0.05) is 13.8 Å². The van der Waals surface area contributed by atoms with E-state index in [0.717, 1.165) is 0 Å². The van der Waals surface area contributed by atoms with Crippen LogP contribution in [0.4, 0.5) is 0 Å². The molecule has 0 radical (unpaired) electrons. The summed E-state index contributed by atoms with van der Waals surface area (Å²) in [6.07, 6.45) is 0.222. The van der Waals surface area contributed by atoms with Crippen LogP contribution in [0.3, 0.4) is 0 Å². The van der Waals surface area contributed by atoms with Gasteiger partial charge < -0.3 is 30.8 Å². The zero-order valence-corrected chi connectivity index (χ0v) is 11.0. The summed E-state index contributed by atoms with van der Waals surface area (Å²) in [6, 6.07) is 0. The van der Waals surface area contributed by atoms with Crippen molar-refractivity contribution < 1.29 is 56.6 Å². The van der Waals surface area contributed by atoms with Crippen molar-refractivity contribution in [1.29, 1.82) is 0 Å². The van der Waals surface area contributed by atoms with Crippen molar-refractivity contribution in [1.82, 2.24) is 0 Å². The maximum atomic E-state index is 9.26. The van der Waals surface area contributed by atoms with Crippen LogP contribution in [0, 0.1) is 0 Å². The molecule has 0 aromatic rings. The van der Waals surface area contributed by atoms with E-state index in [1.54, 1.807) is 0 Å². The molecule has 76 valence electrons. The van der Waals surface area contributed by atoms with Crippen LogP contribution in [0.1, 0.15) is 26.7 Å². The summed E-state index contributed by atoms with van der Waals surface area (Å²) >= 11 is 0. The molecule has 0 aliphatic heterocycles. The van der Waals surface area contributed by atoms with Gasteiger partial charge in [-0.15, -0.1) is 0 Å². The number of carboxylic acids is 2. The van der Waals surface area contributed by atoms with Crippen molar-refractivity contribution in [2.75, 3.05) is 0 Å². The van der Waals surface area contributed by atoms with Crippen LogP contribution in [-0.2, 0) is 35.4 Å². The summed E-state index contributed by atoms with van der Waals surface area (Å²) in [5.74, 6) is -1.99. The van der Waals surface area contributed by atoms with E-state index in [0.29, 0.717) is 0 Å². The van der Waals surface area contributed by atoms with Crippen LogP contribution in [-0.4, -0.2) is 22.9 Å². The van der Waals surface area contributed by atoms with Gasteiger partial charge in [-0.05, 0) is 12.8 Å². The Morgan fingerprint density at radius 1 is 0.923 bits per heavy atom. The van der Waals surface area contributed by atoms with Gasteiger partial charge in [0.15, 0.2) is 0 Å². The first-order valence-electron chi connectivity index (χ1n) is 2.94. The second-order valence-corrected chi connectivity index (χ2v) is 1.45. The number of hydrogen-bond donors (Lipinski definition) is 0. The molecule has 0 spiro atoms. The van der Waals surface area contributed by atoms with Crippen LogP contribution in [0.15, 0.2) is 0 Å². The molecule has 7 heteroatoms. The fraction of sp³-hybridized carbons (Fsp3) is 0.667. The number of carbonyl (C=O) groups excluding carboxylic acids is 2. The average molecular weight is 359 g/mol. The van der Waals surface area contributed by atoms with Gasteiger partial charge in [0.1, 0.15) is 0 Å². The van der Waals surface area contributed by atoms with Gasteiger partial charge in [-0.25, -0.2) is 0 Å². The topological polar surface area (TPSA) is 140 Å². The molecule has 0 heterocycles. The summed E-state index contributed by atoms with van der Waals surface area (Å²) < 4.78 is 0. The minimum Gasteiger partial charge on any atom is -0.870 e. The SMILES string of the molecule is CCC(=O)[O-].CCC(=O)[O-].[Hf+4].[OH-].[OH-]. The van der Waals surface area contributed by atoms with Gasteiger partial charge in [0, 0.05) is 11.9 Å². The summed E-state index contributed by atoms with van der Waals surface area (Å²) in [7, 11) is 0. The second-order valence-electron chi connectivity index (χ2n) is 1.45. The first-order chi connectivity index (χ1) is 4.54. The maximum absolute atomic E-state index is 9.26. The molecule has 0 fully saturated rings. The molecular formula is C6H12HfO6. The minimum atomic E-state index is -0.995. The Bertz CT molecular complexity index is 102. The molecular weight excluding hydrogens is 347 g/mol. The van der Waals surface area contributed by atoms with E-state index in [1.807, 2.05) is 0 Å². The van der Waals surface area contributed by atoms with Crippen LogP contribution in [0.5, 0.6) is 0 Å². The summed E-state index contributed by atoms with van der Waals surface area (Å²) in [5.41, 5.74) is 0. The molecule has 0 bridgehead atoms. The van der Waals surface area contributed by atoms with E-state index in [2.05, 4.69) is 0 Å². The number of hydrogen-bond acceptors (Lipinski definition) is 6. The largest absolute Gasteiger partial charge is 4.00 e. The van der Waals surface area contributed by atoms with Crippen LogP contribution >= 0.6 is 0 Å². The minimum absolute atomic E-state index is 0. The van der Waals surface area contributed by atoms with Crippen molar-refractivity contribution in [3.8, 4) is 0 Å². The Kier molecular flexibility index (Phi) is 51.0. The van der Waals surface area contributed by atoms with Gasteiger partial charge in [0.05, 0.1) is 0 Å². The molecule has 0 saturated heterocycles. The molecule has 0 aliphatic carbocycles. The summed E-state index contributed by atoms with van der Waals surface area (Å²) in [6.45, 7) is 3.07. The maximum Gasteiger partial charge on any atom is 4.00 e. The smallest absolute Gasteiger partial charge is 0.870 e. The second kappa shape index (κ2) is 22.6. The van der Waals surface area contributed by atoms with E-state index in [1.165, 1.54) is 13.8 Å². The third-order valence-electron chi connectivity index (χ3n) is 0.577. The van der Waals surface area contributed by atoms with Gasteiger partial charge in [-0.3, -0.25) is 0 Å². The Morgan fingerprint density at radius 3 is 1.00 bits per heavy atom. The van der Waals surface area contributed by atoms with E-state index >= 15 is 0 Å². The molecule has 0 amide bonds. The molecule has 0 atom stereocenters. The normalized spacial score (nSPS) is 5.69. The molecule has 0 unspecified atom stereocenters. The fourth-order valence-corrected chi connectivity index (χ4v) is 0. The molecule has 0 aliphatic rings. The monoisotopic (exact) mass is 360 g/mol. The summed E-state index contributed by atoms with van der Waals surface area (Å²) in [4.78, 5) is 18.5. The zero-order chi connectivity index (χ0) is 8.57. The van der Waals surface area contributed by atoms with Gasteiger partial charge in [0.2, 0.25) is 0 Å². The molecule has 0 aromatic heterocycles. The molecule has 2 N–H and O–H groups in total. The van der Waals surface area contributed by atoms with Gasteiger partial charge >= 0.3 is 25.8 Å². The van der Waals surface area contributed by atoms with E-state index in [9.17, 15) is 19.8 Å². The average Bonchev–Trinajstić information content (AvgIpc) is 1.89. The fourth-order valence-electron chi connectivity index (χ4n) is 0. The van der Waals surface area contributed by atoms with Crippen LogP contribution in [0.2, 0.25) is 0 Å². The third-order valence-corrected chi connectivity index (χ3v) is 0.577. The molecule has 0 rings (SSSR count).